The molecular formula is C9H9BO2. The fourth-order valence-corrected chi connectivity index (χ4v) is 1.03. The Hall–Kier alpha value is -1.25. The molecule has 0 aliphatic rings. The standard InChI is InChI=1S/C9H9BO2/c1-6-5-7(10)3-4-8(6)9(11)12-2/h3-5H,1-2H3. The summed E-state index contributed by atoms with van der Waals surface area (Å²) in [7, 11) is 6.88. The fraction of sp³-hybridized carbons (Fsp3) is 0.222. The van der Waals surface area contributed by atoms with Crippen LogP contribution in [0.4, 0.5) is 0 Å². The lowest BCUT2D eigenvalue weighted by molar-refractivity contribution is 0.0600. The quantitative estimate of drug-likeness (QED) is 0.443. The Bertz CT molecular complexity index is 307. The van der Waals surface area contributed by atoms with Crippen molar-refractivity contribution in [2.24, 2.45) is 0 Å². The predicted octanol–water partition coefficient (Wildman–Crippen LogP) is 0.575. The second-order valence-electron chi connectivity index (χ2n) is 2.57. The molecule has 0 atom stereocenters. The number of methoxy groups -OCH3 is 1. The summed E-state index contributed by atoms with van der Waals surface area (Å²) in [4.78, 5) is 11.1. The third kappa shape index (κ3) is 1.67. The molecule has 2 nitrogen and oxygen atoms in total. The number of hydrogen-bond acceptors (Lipinski definition) is 2. The predicted molar refractivity (Wildman–Crippen MR) is 47.9 cm³/mol. The van der Waals surface area contributed by atoms with Gasteiger partial charge >= 0.3 is 5.97 Å². The van der Waals surface area contributed by atoms with Gasteiger partial charge in [-0.3, -0.25) is 0 Å². The summed E-state index contributed by atoms with van der Waals surface area (Å²) in [5.74, 6) is -0.326. The van der Waals surface area contributed by atoms with Crippen molar-refractivity contribution >= 4 is 19.3 Å². The number of ether oxygens (including phenoxy) is 1. The van der Waals surface area contributed by atoms with Crippen LogP contribution in [0.15, 0.2) is 18.2 Å². The van der Waals surface area contributed by atoms with E-state index in [1.165, 1.54) is 7.11 Å². The Morgan fingerprint density at radius 1 is 1.50 bits per heavy atom. The van der Waals surface area contributed by atoms with Crippen molar-refractivity contribution in [2.45, 2.75) is 6.92 Å². The highest BCUT2D eigenvalue weighted by atomic mass is 16.5. The van der Waals surface area contributed by atoms with Crippen LogP contribution in [0.5, 0.6) is 0 Å². The largest absolute Gasteiger partial charge is 0.465 e. The minimum atomic E-state index is -0.326. The number of carbonyl (C=O) groups is 1. The Labute approximate surface area is 73.0 Å². The molecule has 0 N–H and O–H groups in total. The van der Waals surface area contributed by atoms with Crippen LogP contribution in [-0.4, -0.2) is 20.9 Å². The zero-order valence-corrected chi connectivity index (χ0v) is 7.13. The average Bonchev–Trinajstić information content (AvgIpc) is 2.03. The number of rotatable bonds is 1. The van der Waals surface area contributed by atoms with Gasteiger partial charge in [-0.25, -0.2) is 4.79 Å². The van der Waals surface area contributed by atoms with Crippen molar-refractivity contribution < 1.29 is 9.53 Å². The lowest BCUT2D eigenvalue weighted by Crippen LogP contribution is -2.09. The molecule has 1 aromatic carbocycles. The third-order valence-corrected chi connectivity index (χ3v) is 1.66. The topological polar surface area (TPSA) is 26.3 Å². The molecular weight excluding hydrogens is 151 g/mol. The molecule has 0 saturated carbocycles. The van der Waals surface area contributed by atoms with E-state index < -0.39 is 0 Å². The van der Waals surface area contributed by atoms with Crippen LogP contribution in [0.1, 0.15) is 15.9 Å². The molecule has 1 aromatic rings. The fourth-order valence-electron chi connectivity index (χ4n) is 1.03. The molecule has 0 aliphatic heterocycles. The molecule has 0 heterocycles. The molecule has 0 aromatic heterocycles. The normalized spacial score (nSPS) is 9.50. The van der Waals surface area contributed by atoms with Gasteiger partial charge in [0.25, 0.3) is 0 Å². The van der Waals surface area contributed by atoms with E-state index in [1.807, 2.05) is 6.92 Å². The second-order valence-corrected chi connectivity index (χ2v) is 2.57. The Morgan fingerprint density at radius 3 is 2.67 bits per heavy atom. The lowest BCUT2D eigenvalue weighted by Gasteiger charge is -2.03. The third-order valence-electron chi connectivity index (χ3n) is 1.66. The first kappa shape index (κ1) is 8.85. The van der Waals surface area contributed by atoms with Crippen molar-refractivity contribution in [3.8, 4) is 0 Å². The summed E-state index contributed by atoms with van der Waals surface area (Å²) in [5, 5.41) is 0. The van der Waals surface area contributed by atoms with E-state index in [9.17, 15) is 4.79 Å². The van der Waals surface area contributed by atoms with Gasteiger partial charge < -0.3 is 4.74 Å². The molecule has 0 amide bonds. The van der Waals surface area contributed by atoms with Gasteiger partial charge in [-0.2, -0.15) is 0 Å². The van der Waals surface area contributed by atoms with Crippen molar-refractivity contribution in [3.63, 3.8) is 0 Å². The molecule has 2 radical (unpaired) electrons. The number of aryl methyl sites for hydroxylation is 1. The van der Waals surface area contributed by atoms with E-state index in [0.29, 0.717) is 11.0 Å². The van der Waals surface area contributed by atoms with Crippen molar-refractivity contribution in [1.82, 2.24) is 0 Å². The highest BCUT2D eigenvalue weighted by molar-refractivity contribution is 6.32. The minimum Gasteiger partial charge on any atom is -0.465 e. The zero-order chi connectivity index (χ0) is 9.14. The van der Waals surface area contributed by atoms with E-state index in [2.05, 4.69) is 4.74 Å². The van der Waals surface area contributed by atoms with E-state index in [4.69, 9.17) is 7.85 Å². The van der Waals surface area contributed by atoms with Gasteiger partial charge in [-0.1, -0.05) is 17.6 Å². The van der Waals surface area contributed by atoms with E-state index in [1.54, 1.807) is 18.2 Å². The van der Waals surface area contributed by atoms with Gasteiger partial charge in [-0.15, -0.1) is 0 Å². The second kappa shape index (κ2) is 3.43. The Morgan fingerprint density at radius 2 is 2.17 bits per heavy atom. The van der Waals surface area contributed by atoms with Crippen LogP contribution >= 0.6 is 0 Å². The van der Waals surface area contributed by atoms with Gasteiger partial charge in [0.15, 0.2) is 0 Å². The molecule has 60 valence electrons. The van der Waals surface area contributed by atoms with E-state index >= 15 is 0 Å². The van der Waals surface area contributed by atoms with Gasteiger partial charge in [0.2, 0.25) is 0 Å². The molecule has 0 saturated heterocycles. The zero-order valence-electron chi connectivity index (χ0n) is 7.13. The lowest BCUT2D eigenvalue weighted by atomic mass is 9.92. The maximum Gasteiger partial charge on any atom is 0.338 e. The van der Waals surface area contributed by atoms with Gasteiger partial charge in [-0.05, 0) is 18.6 Å². The van der Waals surface area contributed by atoms with Gasteiger partial charge in [0.1, 0.15) is 7.85 Å². The summed E-state index contributed by atoms with van der Waals surface area (Å²) in [5.41, 5.74) is 2.05. The summed E-state index contributed by atoms with van der Waals surface area (Å²) < 4.78 is 4.58. The van der Waals surface area contributed by atoms with Crippen LogP contribution in [0.2, 0.25) is 0 Å². The van der Waals surface area contributed by atoms with Crippen molar-refractivity contribution in [3.05, 3.63) is 29.3 Å². The van der Waals surface area contributed by atoms with Crippen LogP contribution in [0, 0.1) is 6.92 Å². The number of carbonyl (C=O) groups excluding carboxylic acids is 1. The number of benzene rings is 1. The van der Waals surface area contributed by atoms with Gasteiger partial charge in [0.05, 0.1) is 12.7 Å². The molecule has 0 unspecified atom stereocenters. The molecule has 0 fully saturated rings. The van der Waals surface area contributed by atoms with E-state index in [-0.39, 0.29) is 5.97 Å². The summed E-state index contributed by atoms with van der Waals surface area (Å²) in [6.45, 7) is 1.82. The molecule has 0 spiro atoms. The maximum absolute atomic E-state index is 11.1. The number of hydrogen-bond donors (Lipinski definition) is 0. The first-order valence-corrected chi connectivity index (χ1v) is 3.59. The number of esters is 1. The van der Waals surface area contributed by atoms with Crippen LogP contribution < -0.4 is 5.46 Å². The molecule has 1 rings (SSSR count). The molecule has 0 bridgehead atoms. The van der Waals surface area contributed by atoms with Crippen LogP contribution in [0.3, 0.4) is 0 Å². The SMILES string of the molecule is [B]c1ccc(C(=O)OC)c(C)c1. The Balaban J connectivity index is 3.09. The van der Waals surface area contributed by atoms with Crippen LogP contribution in [0.25, 0.3) is 0 Å². The average molecular weight is 160 g/mol. The maximum atomic E-state index is 11.1. The monoisotopic (exact) mass is 160 g/mol. The summed E-state index contributed by atoms with van der Waals surface area (Å²) in [6.07, 6.45) is 0. The smallest absolute Gasteiger partial charge is 0.338 e. The summed E-state index contributed by atoms with van der Waals surface area (Å²) in [6, 6.07) is 5.09. The molecule has 12 heavy (non-hydrogen) atoms. The molecule has 3 heteroatoms. The summed E-state index contributed by atoms with van der Waals surface area (Å²) >= 11 is 0. The van der Waals surface area contributed by atoms with Gasteiger partial charge in [0, 0.05) is 0 Å². The first-order valence-electron chi connectivity index (χ1n) is 3.59. The minimum absolute atomic E-state index is 0.326. The molecule has 0 aliphatic carbocycles. The highest BCUT2D eigenvalue weighted by Gasteiger charge is 2.07. The van der Waals surface area contributed by atoms with Crippen molar-refractivity contribution in [2.75, 3.05) is 7.11 Å². The van der Waals surface area contributed by atoms with E-state index in [0.717, 1.165) is 5.56 Å². The van der Waals surface area contributed by atoms with Crippen molar-refractivity contribution in [1.29, 1.82) is 0 Å². The Kier molecular flexibility index (Phi) is 2.53. The highest BCUT2D eigenvalue weighted by Crippen LogP contribution is 2.06. The first-order chi connectivity index (χ1) is 5.65. The van der Waals surface area contributed by atoms with Crippen LogP contribution in [-0.2, 0) is 4.74 Å².